The summed E-state index contributed by atoms with van der Waals surface area (Å²) < 4.78 is 11.7. The summed E-state index contributed by atoms with van der Waals surface area (Å²) in [5.41, 5.74) is 5.06. The molecule has 1 aliphatic heterocycles. The molecule has 0 saturated carbocycles. The zero-order valence-electron chi connectivity index (χ0n) is 16.1. The van der Waals surface area contributed by atoms with Crippen LogP contribution in [0.1, 0.15) is 35.7 Å². The van der Waals surface area contributed by atoms with Crippen LogP contribution >= 0.6 is 15.9 Å². The van der Waals surface area contributed by atoms with Crippen LogP contribution in [0.2, 0.25) is 0 Å². The first-order chi connectivity index (χ1) is 13.6. The van der Waals surface area contributed by atoms with E-state index in [9.17, 15) is 4.79 Å². The Kier molecular flexibility index (Phi) is 6.92. The normalized spacial score (nSPS) is 13.8. The van der Waals surface area contributed by atoms with Gasteiger partial charge in [-0.05, 0) is 72.1 Å². The van der Waals surface area contributed by atoms with Gasteiger partial charge in [-0.1, -0.05) is 0 Å². The van der Waals surface area contributed by atoms with Crippen LogP contribution in [0.3, 0.4) is 0 Å². The number of carbonyl (C=O) groups excluding carboxylic acids is 1. The summed E-state index contributed by atoms with van der Waals surface area (Å²) in [5, 5.41) is 4.07. The van der Waals surface area contributed by atoms with Crippen LogP contribution in [0.15, 0.2) is 46.0 Å². The number of amides is 1. The highest BCUT2D eigenvalue weighted by Gasteiger charge is 2.13. The summed E-state index contributed by atoms with van der Waals surface area (Å²) >= 11 is 3.49. The van der Waals surface area contributed by atoms with Gasteiger partial charge in [0.05, 0.1) is 19.9 Å². The Morgan fingerprint density at radius 2 is 1.93 bits per heavy atom. The number of benzene rings is 2. The van der Waals surface area contributed by atoms with Gasteiger partial charge in [-0.25, -0.2) is 5.43 Å². The molecule has 1 aliphatic rings. The number of hydrogen-bond acceptors (Lipinski definition) is 5. The molecule has 0 aromatic heterocycles. The van der Waals surface area contributed by atoms with Gasteiger partial charge < -0.3 is 14.4 Å². The van der Waals surface area contributed by atoms with E-state index in [0.29, 0.717) is 23.7 Å². The van der Waals surface area contributed by atoms with Crippen LogP contribution in [0, 0.1) is 0 Å². The van der Waals surface area contributed by atoms with E-state index in [1.807, 2.05) is 37.3 Å². The van der Waals surface area contributed by atoms with Crippen molar-refractivity contribution in [3.63, 3.8) is 0 Å². The lowest BCUT2D eigenvalue weighted by molar-refractivity contribution is 0.0955. The summed E-state index contributed by atoms with van der Waals surface area (Å²) in [6, 6.07) is 11.2. The van der Waals surface area contributed by atoms with Gasteiger partial charge in [-0.3, -0.25) is 4.79 Å². The summed E-state index contributed by atoms with van der Waals surface area (Å²) in [6.45, 7) is 4.62. The van der Waals surface area contributed by atoms with Crippen LogP contribution in [0.4, 0.5) is 5.69 Å². The highest BCUT2D eigenvalue weighted by molar-refractivity contribution is 9.10. The molecule has 1 N–H and O–H groups in total. The summed E-state index contributed by atoms with van der Waals surface area (Å²) in [7, 11) is 1.58. The molecule has 148 valence electrons. The molecule has 1 saturated heterocycles. The van der Waals surface area contributed by atoms with Crippen molar-refractivity contribution in [2.75, 3.05) is 31.7 Å². The van der Waals surface area contributed by atoms with Gasteiger partial charge in [0.1, 0.15) is 0 Å². The Morgan fingerprint density at radius 3 is 2.57 bits per heavy atom. The van der Waals surface area contributed by atoms with Crippen LogP contribution in [-0.4, -0.2) is 38.9 Å². The molecule has 0 radical (unpaired) electrons. The molecule has 0 bridgehead atoms. The fourth-order valence-electron chi connectivity index (χ4n) is 3.10. The predicted molar refractivity (Wildman–Crippen MR) is 115 cm³/mol. The number of ether oxygens (including phenoxy) is 2. The van der Waals surface area contributed by atoms with Crippen molar-refractivity contribution in [2.24, 2.45) is 5.10 Å². The van der Waals surface area contributed by atoms with Crippen molar-refractivity contribution in [3.8, 4) is 11.5 Å². The molecule has 3 rings (SSSR count). The zero-order chi connectivity index (χ0) is 19.9. The first kappa shape index (κ1) is 20.2. The van der Waals surface area contributed by atoms with Crippen molar-refractivity contribution >= 4 is 33.7 Å². The molecule has 28 heavy (non-hydrogen) atoms. The van der Waals surface area contributed by atoms with E-state index >= 15 is 0 Å². The van der Waals surface area contributed by atoms with E-state index in [1.54, 1.807) is 19.4 Å². The van der Waals surface area contributed by atoms with Gasteiger partial charge in [0.15, 0.2) is 11.5 Å². The van der Waals surface area contributed by atoms with Crippen molar-refractivity contribution in [2.45, 2.75) is 19.8 Å². The molecule has 7 heteroatoms. The Labute approximate surface area is 173 Å². The third-order valence-corrected chi connectivity index (χ3v) is 5.24. The van der Waals surface area contributed by atoms with Gasteiger partial charge >= 0.3 is 0 Å². The van der Waals surface area contributed by atoms with Crippen molar-refractivity contribution in [1.82, 2.24) is 5.43 Å². The standard InChI is InChI=1S/C21H24BrN3O3/c1-3-28-20-13-18(22)16(12-19(20)27-2)14-23-24-21(26)15-6-8-17(9-7-15)25-10-4-5-11-25/h6-9,12-14H,3-5,10-11H2,1-2H3,(H,24,26)/b23-14-. The highest BCUT2D eigenvalue weighted by atomic mass is 79.9. The first-order valence-electron chi connectivity index (χ1n) is 9.31. The number of nitrogens with zero attached hydrogens (tertiary/aromatic N) is 2. The van der Waals surface area contributed by atoms with Crippen LogP contribution < -0.4 is 19.8 Å². The number of rotatable bonds is 7. The van der Waals surface area contributed by atoms with Crippen LogP contribution in [-0.2, 0) is 0 Å². The number of methoxy groups -OCH3 is 1. The van der Waals surface area contributed by atoms with Crippen molar-refractivity contribution in [3.05, 3.63) is 52.0 Å². The number of carbonyl (C=O) groups is 1. The second-order valence-corrected chi connectivity index (χ2v) is 7.25. The molecule has 1 amide bonds. The molecule has 1 heterocycles. The average Bonchev–Trinajstić information content (AvgIpc) is 3.24. The average molecular weight is 446 g/mol. The molecule has 6 nitrogen and oxygen atoms in total. The fraction of sp³-hybridized carbons (Fsp3) is 0.333. The third-order valence-electron chi connectivity index (χ3n) is 4.55. The van der Waals surface area contributed by atoms with Gasteiger partial charge in [0.25, 0.3) is 5.91 Å². The summed E-state index contributed by atoms with van der Waals surface area (Å²) in [6.07, 6.45) is 4.02. The number of nitrogens with one attached hydrogen (secondary N) is 1. The maximum Gasteiger partial charge on any atom is 0.271 e. The van der Waals surface area contributed by atoms with Crippen molar-refractivity contribution < 1.29 is 14.3 Å². The monoisotopic (exact) mass is 445 g/mol. The fourth-order valence-corrected chi connectivity index (χ4v) is 3.53. The molecule has 1 fully saturated rings. The second-order valence-electron chi connectivity index (χ2n) is 6.40. The van der Waals surface area contributed by atoms with E-state index in [0.717, 1.165) is 28.8 Å². The molecule has 0 aliphatic carbocycles. The van der Waals surface area contributed by atoms with E-state index in [-0.39, 0.29) is 5.91 Å². The minimum absolute atomic E-state index is 0.252. The van der Waals surface area contributed by atoms with E-state index in [4.69, 9.17) is 9.47 Å². The molecule has 0 atom stereocenters. The largest absolute Gasteiger partial charge is 0.493 e. The van der Waals surface area contributed by atoms with E-state index in [2.05, 4.69) is 31.4 Å². The maximum absolute atomic E-state index is 12.3. The number of halogens is 1. The van der Waals surface area contributed by atoms with Gasteiger partial charge in [-0.15, -0.1) is 0 Å². The lowest BCUT2D eigenvalue weighted by Gasteiger charge is -2.17. The third kappa shape index (κ3) is 4.84. The van der Waals surface area contributed by atoms with E-state index in [1.165, 1.54) is 12.8 Å². The highest BCUT2D eigenvalue weighted by Crippen LogP contribution is 2.32. The summed E-state index contributed by atoms with van der Waals surface area (Å²) in [4.78, 5) is 14.6. The molecule has 0 spiro atoms. The molecular weight excluding hydrogens is 422 g/mol. The second kappa shape index (κ2) is 9.59. The molecule has 2 aromatic rings. The minimum atomic E-state index is -0.252. The maximum atomic E-state index is 12.3. The Morgan fingerprint density at radius 1 is 1.21 bits per heavy atom. The lowest BCUT2D eigenvalue weighted by atomic mass is 10.2. The van der Waals surface area contributed by atoms with E-state index < -0.39 is 0 Å². The van der Waals surface area contributed by atoms with Crippen LogP contribution in [0.25, 0.3) is 0 Å². The smallest absolute Gasteiger partial charge is 0.271 e. The molecule has 2 aromatic carbocycles. The molecular formula is C21H24BrN3O3. The number of anilines is 1. The van der Waals surface area contributed by atoms with Crippen molar-refractivity contribution in [1.29, 1.82) is 0 Å². The topological polar surface area (TPSA) is 63.2 Å². The first-order valence-corrected chi connectivity index (χ1v) is 10.1. The number of hydrazone groups is 1. The van der Waals surface area contributed by atoms with Crippen LogP contribution in [0.5, 0.6) is 11.5 Å². The Hall–Kier alpha value is -2.54. The Balaban J connectivity index is 1.64. The van der Waals surface area contributed by atoms with Gasteiger partial charge in [-0.2, -0.15) is 5.10 Å². The zero-order valence-corrected chi connectivity index (χ0v) is 17.7. The Bertz CT molecular complexity index is 847. The quantitative estimate of drug-likeness (QED) is 0.511. The summed E-state index contributed by atoms with van der Waals surface area (Å²) in [5.74, 6) is 1.00. The molecule has 0 unspecified atom stereocenters. The predicted octanol–water partition coefficient (Wildman–Crippen LogP) is 4.22. The van der Waals surface area contributed by atoms with Gasteiger partial charge in [0.2, 0.25) is 0 Å². The lowest BCUT2D eigenvalue weighted by Crippen LogP contribution is -2.19. The number of hydrogen-bond donors (Lipinski definition) is 1. The SMILES string of the molecule is CCOc1cc(Br)c(/C=N\NC(=O)c2ccc(N3CCCC3)cc2)cc1OC. The van der Waals surface area contributed by atoms with Gasteiger partial charge in [0, 0.05) is 34.4 Å². The minimum Gasteiger partial charge on any atom is -0.493 e.